The number of hydrogen-bond acceptors (Lipinski definition) is 3. The minimum absolute atomic E-state index is 0.176. The van der Waals surface area contributed by atoms with Gasteiger partial charge in [0.2, 0.25) is 5.91 Å². The van der Waals surface area contributed by atoms with E-state index >= 15 is 0 Å². The molecule has 5 heteroatoms. The van der Waals surface area contributed by atoms with Crippen LogP contribution in [0.25, 0.3) is 0 Å². The standard InChI is InChI=1S/C19H21ClN2OS/c1-21(2)12-11-19(23)22-13-18(14-7-9-15(20)10-8-14)24-17-6-4-3-5-16(17)22/h3-10,18H,11-13H2,1-2H3. The topological polar surface area (TPSA) is 23.6 Å². The fraction of sp³-hybridized carbons (Fsp3) is 0.316. The molecule has 0 saturated carbocycles. The molecule has 2 aromatic rings. The third kappa shape index (κ3) is 3.94. The summed E-state index contributed by atoms with van der Waals surface area (Å²) in [5.41, 5.74) is 2.22. The van der Waals surface area contributed by atoms with Gasteiger partial charge in [-0.05, 0) is 43.9 Å². The molecule has 1 amide bonds. The molecule has 1 unspecified atom stereocenters. The highest BCUT2D eigenvalue weighted by Crippen LogP contribution is 2.45. The summed E-state index contributed by atoms with van der Waals surface area (Å²) in [4.78, 5) is 17.9. The van der Waals surface area contributed by atoms with E-state index in [0.29, 0.717) is 13.0 Å². The second-order valence-electron chi connectivity index (χ2n) is 6.18. The normalized spacial score (nSPS) is 17.0. The number of carbonyl (C=O) groups is 1. The lowest BCUT2D eigenvalue weighted by atomic mass is 10.1. The second-order valence-corrected chi connectivity index (χ2v) is 7.86. The Bertz CT molecular complexity index is 718. The van der Waals surface area contributed by atoms with Crippen molar-refractivity contribution in [3.63, 3.8) is 0 Å². The van der Waals surface area contributed by atoms with Crippen LogP contribution in [0.15, 0.2) is 53.4 Å². The number of nitrogens with zero attached hydrogens (tertiary/aromatic N) is 2. The first-order valence-electron chi connectivity index (χ1n) is 8.01. The zero-order valence-electron chi connectivity index (χ0n) is 13.9. The second kappa shape index (κ2) is 7.60. The van der Waals surface area contributed by atoms with Crippen molar-refractivity contribution in [2.45, 2.75) is 16.6 Å². The van der Waals surface area contributed by atoms with E-state index in [-0.39, 0.29) is 11.2 Å². The summed E-state index contributed by atoms with van der Waals surface area (Å²) in [6.07, 6.45) is 0.527. The maximum Gasteiger partial charge on any atom is 0.228 e. The van der Waals surface area contributed by atoms with E-state index in [1.807, 2.05) is 66.0 Å². The molecule has 1 atom stereocenters. The molecule has 24 heavy (non-hydrogen) atoms. The van der Waals surface area contributed by atoms with Gasteiger partial charge in [-0.2, -0.15) is 0 Å². The quantitative estimate of drug-likeness (QED) is 0.803. The van der Waals surface area contributed by atoms with Gasteiger partial charge < -0.3 is 9.80 Å². The lowest BCUT2D eigenvalue weighted by Gasteiger charge is -2.34. The van der Waals surface area contributed by atoms with Gasteiger partial charge in [0, 0.05) is 29.4 Å². The van der Waals surface area contributed by atoms with E-state index in [4.69, 9.17) is 11.6 Å². The Morgan fingerprint density at radius 3 is 2.62 bits per heavy atom. The van der Waals surface area contributed by atoms with Gasteiger partial charge in [-0.3, -0.25) is 4.79 Å². The van der Waals surface area contributed by atoms with Gasteiger partial charge in [-0.15, -0.1) is 11.8 Å². The monoisotopic (exact) mass is 360 g/mol. The minimum Gasteiger partial charge on any atom is -0.310 e. The van der Waals surface area contributed by atoms with Gasteiger partial charge in [-0.25, -0.2) is 0 Å². The summed E-state index contributed by atoms with van der Waals surface area (Å²) in [6, 6.07) is 16.1. The molecule has 1 aliphatic heterocycles. The molecular formula is C19H21ClN2OS. The van der Waals surface area contributed by atoms with Crippen molar-refractivity contribution in [1.82, 2.24) is 4.90 Å². The zero-order chi connectivity index (χ0) is 17.1. The fourth-order valence-corrected chi connectivity index (χ4v) is 4.18. The van der Waals surface area contributed by atoms with Crippen molar-refractivity contribution in [2.24, 2.45) is 0 Å². The third-order valence-corrected chi connectivity index (χ3v) is 5.65. The number of hydrogen-bond donors (Lipinski definition) is 0. The predicted octanol–water partition coefficient (Wildman–Crippen LogP) is 4.47. The van der Waals surface area contributed by atoms with Crippen LogP contribution in [0.4, 0.5) is 5.69 Å². The van der Waals surface area contributed by atoms with Gasteiger partial charge >= 0.3 is 0 Å². The number of amides is 1. The smallest absolute Gasteiger partial charge is 0.228 e. The number of thioether (sulfide) groups is 1. The van der Waals surface area contributed by atoms with Crippen LogP contribution in [-0.4, -0.2) is 38.0 Å². The van der Waals surface area contributed by atoms with Crippen LogP contribution in [0.3, 0.4) is 0 Å². The molecule has 1 aliphatic rings. The van der Waals surface area contributed by atoms with Crippen LogP contribution in [0.5, 0.6) is 0 Å². The number of carbonyl (C=O) groups excluding carboxylic acids is 1. The summed E-state index contributed by atoms with van der Waals surface area (Å²) in [7, 11) is 3.98. The summed E-state index contributed by atoms with van der Waals surface area (Å²) < 4.78 is 0. The Labute approximate surface area is 152 Å². The van der Waals surface area contributed by atoms with Crippen LogP contribution in [0.2, 0.25) is 5.02 Å². The molecule has 0 aliphatic carbocycles. The van der Waals surface area contributed by atoms with E-state index in [2.05, 4.69) is 18.2 Å². The summed E-state index contributed by atoms with van der Waals surface area (Å²) in [5, 5.41) is 0.958. The van der Waals surface area contributed by atoms with Crippen molar-refractivity contribution < 1.29 is 4.79 Å². The van der Waals surface area contributed by atoms with Gasteiger partial charge in [0.1, 0.15) is 0 Å². The van der Waals surface area contributed by atoms with E-state index in [1.54, 1.807) is 0 Å². The van der Waals surface area contributed by atoms with Crippen molar-refractivity contribution in [1.29, 1.82) is 0 Å². The number of halogens is 1. The van der Waals surface area contributed by atoms with Crippen molar-refractivity contribution >= 4 is 35.0 Å². The van der Waals surface area contributed by atoms with E-state index in [0.717, 1.165) is 22.2 Å². The van der Waals surface area contributed by atoms with Crippen LogP contribution < -0.4 is 4.90 Å². The van der Waals surface area contributed by atoms with Crippen molar-refractivity contribution in [2.75, 3.05) is 32.1 Å². The fourth-order valence-electron chi connectivity index (χ4n) is 2.78. The SMILES string of the molecule is CN(C)CCC(=O)N1CC(c2ccc(Cl)cc2)Sc2ccccc21. The van der Waals surface area contributed by atoms with Crippen LogP contribution in [-0.2, 0) is 4.79 Å². The molecule has 3 nitrogen and oxygen atoms in total. The third-order valence-electron chi connectivity index (χ3n) is 4.09. The molecule has 0 fully saturated rings. The Hall–Kier alpha value is -1.49. The molecule has 0 saturated heterocycles. The maximum absolute atomic E-state index is 12.8. The molecule has 0 spiro atoms. The number of rotatable bonds is 4. The molecular weight excluding hydrogens is 340 g/mol. The molecule has 3 rings (SSSR count). The zero-order valence-corrected chi connectivity index (χ0v) is 15.5. The highest BCUT2D eigenvalue weighted by atomic mass is 35.5. The van der Waals surface area contributed by atoms with Crippen LogP contribution in [0, 0.1) is 0 Å². The van der Waals surface area contributed by atoms with Gasteiger partial charge in [0.15, 0.2) is 0 Å². The average molecular weight is 361 g/mol. The van der Waals surface area contributed by atoms with Gasteiger partial charge in [-0.1, -0.05) is 35.9 Å². The highest BCUT2D eigenvalue weighted by molar-refractivity contribution is 7.99. The Morgan fingerprint density at radius 2 is 1.92 bits per heavy atom. The van der Waals surface area contributed by atoms with Crippen molar-refractivity contribution in [3.8, 4) is 0 Å². The van der Waals surface area contributed by atoms with Crippen LogP contribution >= 0.6 is 23.4 Å². The molecule has 126 valence electrons. The first-order chi connectivity index (χ1) is 11.5. The lowest BCUT2D eigenvalue weighted by Crippen LogP contribution is -2.38. The summed E-state index contributed by atoms with van der Waals surface area (Å²) >= 11 is 7.82. The summed E-state index contributed by atoms with van der Waals surface area (Å²) in [5.74, 6) is 0.176. The largest absolute Gasteiger partial charge is 0.310 e. The molecule has 0 N–H and O–H groups in total. The first kappa shape index (κ1) is 17.3. The molecule has 2 aromatic carbocycles. The minimum atomic E-state index is 0.176. The van der Waals surface area contributed by atoms with Crippen molar-refractivity contribution in [3.05, 3.63) is 59.1 Å². The van der Waals surface area contributed by atoms with Gasteiger partial charge in [0.25, 0.3) is 0 Å². The molecule has 0 aromatic heterocycles. The van der Waals surface area contributed by atoms with Crippen LogP contribution in [0.1, 0.15) is 17.2 Å². The highest BCUT2D eigenvalue weighted by Gasteiger charge is 2.29. The molecule has 0 radical (unpaired) electrons. The van der Waals surface area contributed by atoms with Gasteiger partial charge in [0.05, 0.1) is 10.9 Å². The molecule has 1 heterocycles. The Morgan fingerprint density at radius 1 is 1.21 bits per heavy atom. The summed E-state index contributed by atoms with van der Waals surface area (Å²) in [6.45, 7) is 1.45. The Balaban J connectivity index is 1.87. The van der Waals surface area contributed by atoms with E-state index in [1.165, 1.54) is 5.56 Å². The predicted molar refractivity (Wildman–Crippen MR) is 102 cm³/mol. The number of fused-ring (bicyclic) bond motifs is 1. The average Bonchev–Trinajstić information content (AvgIpc) is 2.59. The molecule has 0 bridgehead atoms. The maximum atomic E-state index is 12.8. The number of para-hydroxylation sites is 1. The number of benzene rings is 2. The lowest BCUT2D eigenvalue weighted by molar-refractivity contribution is -0.118. The Kier molecular flexibility index (Phi) is 5.49. The van der Waals surface area contributed by atoms with E-state index < -0.39 is 0 Å². The first-order valence-corrected chi connectivity index (χ1v) is 9.26. The van der Waals surface area contributed by atoms with E-state index in [9.17, 15) is 4.79 Å². The number of anilines is 1.